The third kappa shape index (κ3) is 31.8. The number of hydrogen-bond donors (Lipinski definition) is 0. The second-order valence-electron chi connectivity index (χ2n) is 1.35. The molecule has 0 saturated carbocycles. The Kier molecular flexibility index (Phi) is 65.7. The molecule has 0 aromatic rings. The van der Waals surface area contributed by atoms with Crippen molar-refractivity contribution in [1.82, 2.24) is 0 Å². The first-order valence-electron chi connectivity index (χ1n) is 2.25. The molecule has 0 amide bonds. The number of carbonyl (C=O) groups excluding carboxylic acids is 1. The van der Waals surface area contributed by atoms with Crippen LogP contribution in [0.3, 0.4) is 0 Å². The monoisotopic (exact) mass is 308 g/mol. The summed E-state index contributed by atoms with van der Waals surface area (Å²) in [5.41, 5.74) is 0. The van der Waals surface area contributed by atoms with Crippen LogP contribution in [0.25, 0.3) is 0 Å². The summed E-state index contributed by atoms with van der Waals surface area (Å²) in [5, 5.41) is 0. The quantitative estimate of drug-likeness (QED) is 0.444. The van der Waals surface area contributed by atoms with E-state index in [0.29, 0.717) is 0 Å². The smallest absolute Gasteiger partial charge is 0.330 e. The summed E-state index contributed by atoms with van der Waals surface area (Å²) in [6, 6.07) is 0. The van der Waals surface area contributed by atoms with Gasteiger partial charge in [-0.15, -0.1) is 37.2 Å². The van der Waals surface area contributed by atoms with Gasteiger partial charge in [-0.3, -0.25) is 0 Å². The molecule has 0 saturated heterocycles. The van der Waals surface area contributed by atoms with Crippen LogP contribution in [0, 0.1) is 0 Å². The Labute approximate surface area is 107 Å². The van der Waals surface area contributed by atoms with E-state index in [2.05, 4.69) is 20.6 Å². The average Bonchev–Trinajstić information content (AvgIpc) is 1.65. The Hall–Kier alpha value is 1.37. The van der Waals surface area contributed by atoms with E-state index in [1.807, 2.05) is 0 Å². The highest BCUT2D eigenvalue weighted by molar-refractivity contribution is 7.17. The zero-order chi connectivity index (χ0) is 6.57. The van der Waals surface area contributed by atoms with Gasteiger partial charge < -0.3 is 4.74 Å². The lowest BCUT2D eigenvalue weighted by molar-refractivity contribution is -0.138. The molecular formula is C5H18Cl3O2P3. The Balaban J connectivity index is -0.0000000245. The SMILES string of the molecule is C=CC(=O)OC(C)P.Cl.Cl.Cl.P.P. The first-order valence-corrected chi connectivity index (χ1v) is 2.92. The third-order valence-electron chi connectivity index (χ3n) is 0.469. The molecule has 0 N–H and O–H groups in total. The van der Waals surface area contributed by atoms with E-state index in [1.165, 1.54) is 0 Å². The van der Waals surface area contributed by atoms with Gasteiger partial charge in [0.15, 0.2) is 0 Å². The molecule has 0 fully saturated rings. The van der Waals surface area contributed by atoms with E-state index in [1.54, 1.807) is 6.92 Å². The minimum atomic E-state index is -0.382. The molecule has 13 heavy (non-hydrogen) atoms. The highest BCUT2D eigenvalue weighted by Gasteiger charge is 1.96. The standard InChI is InChI=1S/C5H9O2P.3ClH.2H3P/c1-3-5(6)7-4(2)8;;;;;/h3-4H,1,8H2,2H3;3*1H;2*1H3. The van der Waals surface area contributed by atoms with Crippen molar-refractivity contribution in [3.05, 3.63) is 12.7 Å². The normalized spacial score (nSPS) is 7.54. The molecule has 4 atom stereocenters. The van der Waals surface area contributed by atoms with Crippen LogP contribution in [-0.2, 0) is 9.53 Å². The topological polar surface area (TPSA) is 26.3 Å². The van der Waals surface area contributed by atoms with Gasteiger partial charge in [-0.2, -0.15) is 19.8 Å². The fourth-order valence-corrected chi connectivity index (χ4v) is 0.365. The molecule has 0 spiro atoms. The Morgan fingerprint density at radius 2 is 1.69 bits per heavy atom. The summed E-state index contributed by atoms with van der Waals surface area (Å²) in [7, 11) is 2.34. The summed E-state index contributed by atoms with van der Waals surface area (Å²) in [6.07, 6.45) is 1.14. The summed E-state index contributed by atoms with van der Waals surface area (Å²) >= 11 is 0. The lowest BCUT2D eigenvalue weighted by Gasteiger charge is -2.02. The lowest BCUT2D eigenvalue weighted by atomic mass is 10.6. The number of hydrogen-bond acceptors (Lipinski definition) is 2. The number of ether oxygens (including phenoxy) is 1. The van der Waals surface area contributed by atoms with E-state index in [-0.39, 0.29) is 68.8 Å². The highest BCUT2D eigenvalue weighted by atomic mass is 35.5. The first-order chi connectivity index (χ1) is 3.66. The summed E-state index contributed by atoms with van der Waals surface area (Å²) in [6.45, 7) is 4.99. The molecule has 2 nitrogen and oxygen atoms in total. The molecule has 0 aliphatic rings. The van der Waals surface area contributed by atoms with Crippen molar-refractivity contribution in [2.24, 2.45) is 0 Å². The molecule has 4 unspecified atom stereocenters. The minimum absolute atomic E-state index is 0. The van der Waals surface area contributed by atoms with Crippen LogP contribution in [-0.4, -0.2) is 11.8 Å². The molecule has 0 aromatic heterocycles. The van der Waals surface area contributed by atoms with E-state index in [4.69, 9.17) is 0 Å². The molecule has 86 valence electrons. The Morgan fingerprint density at radius 1 is 1.38 bits per heavy atom. The van der Waals surface area contributed by atoms with Crippen molar-refractivity contribution in [1.29, 1.82) is 0 Å². The van der Waals surface area contributed by atoms with Crippen LogP contribution in [0.4, 0.5) is 0 Å². The van der Waals surface area contributed by atoms with Crippen LogP contribution >= 0.6 is 66.3 Å². The summed E-state index contributed by atoms with van der Waals surface area (Å²) < 4.78 is 4.61. The first kappa shape index (κ1) is 36.7. The van der Waals surface area contributed by atoms with Crippen LogP contribution in [0.1, 0.15) is 6.92 Å². The second kappa shape index (κ2) is 23.3. The molecule has 0 heterocycles. The Morgan fingerprint density at radius 3 is 1.77 bits per heavy atom. The number of carbonyl (C=O) groups is 1. The van der Waals surface area contributed by atoms with Crippen molar-refractivity contribution < 1.29 is 9.53 Å². The predicted octanol–water partition coefficient (Wildman–Crippen LogP) is 2.32. The van der Waals surface area contributed by atoms with Gasteiger partial charge in [-0.25, -0.2) is 4.79 Å². The third-order valence-corrected chi connectivity index (χ3v) is 0.605. The van der Waals surface area contributed by atoms with Crippen molar-refractivity contribution in [2.75, 3.05) is 0 Å². The van der Waals surface area contributed by atoms with E-state index in [9.17, 15) is 4.79 Å². The van der Waals surface area contributed by atoms with Crippen molar-refractivity contribution in [2.45, 2.75) is 12.8 Å². The summed E-state index contributed by atoms with van der Waals surface area (Å²) in [5.74, 6) is -0.506. The van der Waals surface area contributed by atoms with E-state index >= 15 is 0 Å². The van der Waals surface area contributed by atoms with Crippen molar-refractivity contribution in [3.8, 4) is 0 Å². The highest BCUT2D eigenvalue weighted by Crippen LogP contribution is 1.99. The number of rotatable bonds is 2. The number of esters is 1. The van der Waals surface area contributed by atoms with Crippen LogP contribution in [0.15, 0.2) is 12.7 Å². The molecule has 0 rings (SSSR count). The molecule has 8 heteroatoms. The summed E-state index contributed by atoms with van der Waals surface area (Å²) in [4.78, 5) is 10.3. The number of halogens is 3. The fourth-order valence-electron chi connectivity index (χ4n) is 0.231. The van der Waals surface area contributed by atoms with E-state index < -0.39 is 0 Å². The Bertz CT molecular complexity index is 113. The molecule has 0 aliphatic carbocycles. The molecular weight excluding hydrogens is 291 g/mol. The van der Waals surface area contributed by atoms with Crippen molar-refractivity contribution in [3.63, 3.8) is 0 Å². The van der Waals surface area contributed by atoms with Crippen LogP contribution in [0.2, 0.25) is 0 Å². The van der Waals surface area contributed by atoms with Gasteiger partial charge in [-0.05, 0) is 6.92 Å². The minimum Gasteiger partial charge on any atom is -0.456 e. The van der Waals surface area contributed by atoms with Gasteiger partial charge in [-0.1, -0.05) is 15.8 Å². The van der Waals surface area contributed by atoms with Gasteiger partial charge in [0.25, 0.3) is 0 Å². The molecule has 0 aromatic carbocycles. The zero-order valence-electron chi connectivity index (χ0n) is 7.39. The zero-order valence-corrected chi connectivity index (χ0v) is 13.8. The second-order valence-corrected chi connectivity index (χ2v) is 2.28. The fraction of sp³-hybridized carbons (Fsp3) is 0.400. The largest absolute Gasteiger partial charge is 0.456 e. The maximum atomic E-state index is 10.3. The average molecular weight is 309 g/mol. The van der Waals surface area contributed by atoms with Crippen LogP contribution < -0.4 is 0 Å². The van der Waals surface area contributed by atoms with Gasteiger partial charge in [0.05, 0.1) is 0 Å². The van der Waals surface area contributed by atoms with Gasteiger partial charge in [0.1, 0.15) is 5.85 Å². The maximum Gasteiger partial charge on any atom is 0.330 e. The maximum absolute atomic E-state index is 10.3. The molecule has 0 radical (unpaired) electrons. The van der Waals surface area contributed by atoms with Crippen molar-refractivity contribution >= 4 is 72.2 Å². The molecule has 0 aliphatic heterocycles. The van der Waals surface area contributed by atoms with Crippen LogP contribution in [0.5, 0.6) is 0 Å². The van der Waals surface area contributed by atoms with Gasteiger partial charge in [0, 0.05) is 6.08 Å². The van der Waals surface area contributed by atoms with E-state index in [0.717, 1.165) is 6.08 Å². The predicted molar refractivity (Wildman–Crippen MR) is 79.4 cm³/mol. The van der Waals surface area contributed by atoms with Gasteiger partial charge >= 0.3 is 5.97 Å². The lowest BCUT2D eigenvalue weighted by Crippen LogP contribution is -2.04. The molecule has 0 bridgehead atoms. The van der Waals surface area contributed by atoms with Gasteiger partial charge in [0.2, 0.25) is 0 Å².